The first kappa shape index (κ1) is 16.7. The summed E-state index contributed by atoms with van der Waals surface area (Å²) in [4.78, 5) is 20.0. The van der Waals surface area contributed by atoms with Crippen molar-refractivity contribution in [3.63, 3.8) is 0 Å². The molecule has 10 heteroatoms. The van der Waals surface area contributed by atoms with Gasteiger partial charge in [0.05, 0.1) is 6.04 Å². The number of carbonyl (C=O) groups excluding carboxylic acids is 1. The average Bonchev–Trinajstić information content (AvgIpc) is 3.24. The molecule has 0 radical (unpaired) electrons. The highest BCUT2D eigenvalue weighted by molar-refractivity contribution is 5.76. The second-order valence-corrected chi connectivity index (χ2v) is 5.30. The molecule has 3 aromatic rings. The number of amides is 1. The van der Waals surface area contributed by atoms with Crippen LogP contribution in [0.1, 0.15) is 30.8 Å². The Bertz CT molecular complexity index is 865. The van der Waals surface area contributed by atoms with Gasteiger partial charge >= 0.3 is 0 Å². The topological polar surface area (TPSA) is 110 Å². The van der Waals surface area contributed by atoms with Crippen molar-refractivity contribution >= 4 is 5.91 Å². The van der Waals surface area contributed by atoms with Gasteiger partial charge in [0.1, 0.15) is 18.0 Å². The number of aryl methyl sites for hydroxylation is 1. The fourth-order valence-electron chi connectivity index (χ4n) is 2.23. The third-order valence-corrected chi connectivity index (χ3v) is 3.47. The van der Waals surface area contributed by atoms with Crippen LogP contribution in [0.15, 0.2) is 29.0 Å². The van der Waals surface area contributed by atoms with Crippen LogP contribution in [0.25, 0.3) is 11.6 Å². The number of H-pyrrole nitrogens is 1. The zero-order valence-electron chi connectivity index (χ0n) is 13.2. The summed E-state index contributed by atoms with van der Waals surface area (Å²) in [5.74, 6) is -0.826. The van der Waals surface area contributed by atoms with Crippen molar-refractivity contribution in [2.75, 3.05) is 0 Å². The Kier molecular flexibility index (Phi) is 4.78. The van der Waals surface area contributed by atoms with Crippen molar-refractivity contribution in [2.45, 2.75) is 25.8 Å². The largest absolute Gasteiger partial charge is 0.349 e. The van der Waals surface area contributed by atoms with Crippen molar-refractivity contribution in [3.8, 4) is 11.6 Å². The van der Waals surface area contributed by atoms with Crippen molar-refractivity contribution in [3.05, 3.63) is 47.6 Å². The Balaban J connectivity index is 1.54. The maximum atomic E-state index is 13.7. The number of rotatable bonds is 6. The molecular weight excluding hydrogens is 334 g/mol. The minimum Gasteiger partial charge on any atom is -0.349 e. The van der Waals surface area contributed by atoms with E-state index in [4.69, 9.17) is 4.52 Å². The van der Waals surface area contributed by atoms with Crippen LogP contribution in [0.4, 0.5) is 8.78 Å². The zero-order valence-corrected chi connectivity index (χ0v) is 13.2. The lowest BCUT2D eigenvalue weighted by atomic mass is 10.1. The van der Waals surface area contributed by atoms with Crippen molar-refractivity contribution in [1.29, 1.82) is 0 Å². The molecule has 0 unspecified atom stereocenters. The van der Waals surface area contributed by atoms with Crippen LogP contribution < -0.4 is 5.32 Å². The first-order chi connectivity index (χ1) is 12.0. The highest BCUT2D eigenvalue weighted by Gasteiger charge is 2.16. The Labute approximate surface area is 140 Å². The number of nitrogens with one attached hydrogen (secondary N) is 2. The van der Waals surface area contributed by atoms with Gasteiger partial charge in [0, 0.05) is 24.5 Å². The summed E-state index contributed by atoms with van der Waals surface area (Å²) in [6.45, 7) is 1.61. The predicted octanol–water partition coefficient (Wildman–Crippen LogP) is 1.94. The number of hydrogen-bond donors (Lipinski definition) is 2. The van der Waals surface area contributed by atoms with Gasteiger partial charge in [-0.1, -0.05) is 11.2 Å². The number of hydrogen-bond acceptors (Lipinski definition) is 6. The van der Waals surface area contributed by atoms with E-state index in [2.05, 4.69) is 30.6 Å². The minimum absolute atomic E-state index is 0.0746. The molecule has 0 saturated heterocycles. The number of aromatic nitrogens is 5. The molecule has 0 fully saturated rings. The molecular formula is C15H14F2N6O2. The zero-order chi connectivity index (χ0) is 17.8. The van der Waals surface area contributed by atoms with Gasteiger partial charge in [0.25, 0.3) is 0 Å². The normalized spacial score (nSPS) is 12.1. The molecule has 25 heavy (non-hydrogen) atoms. The van der Waals surface area contributed by atoms with Gasteiger partial charge in [-0.05, 0) is 13.0 Å². The first-order valence-electron chi connectivity index (χ1n) is 7.45. The Morgan fingerprint density at radius 2 is 2.24 bits per heavy atom. The Hall–Kier alpha value is -3.17. The fraction of sp³-hybridized carbons (Fsp3) is 0.267. The molecule has 0 aliphatic heterocycles. The fourth-order valence-corrected chi connectivity index (χ4v) is 2.23. The molecule has 1 atom stereocenters. The standard InChI is InChI=1S/C15H14F2N6O2/c1-8(10-3-2-9(16)6-11(10)17)20-12(24)4-5-13-21-15(23-25-13)14-18-7-19-22-14/h2-3,6-8H,4-5H2,1H3,(H,20,24)(H,18,19,22)/t8-/m0/s1. The van der Waals surface area contributed by atoms with E-state index in [1.807, 2.05) is 0 Å². The summed E-state index contributed by atoms with van der Waals surface area (Å²) in [5.41, 5.74) is 0.208. The molecule has 3 rings (SSSR count). The lowest BCUT2D eigenvalue weighted by molar-refractivity contribution is -0.121. The number of carbonyl (C=O) groups is 1. The highest BCUT2D eigenvalue weighted by Crippen LogP contribution is 2.18. The molecule has 2 aromatic heterocycles. The first-order valence-corrected chi connectivity index (χ1v) is 7.45. The Morgan fingerprint density at radius 1 is 1.40 bits per heavy atom. The van der Waals surface area contributed by atoms with E-state index >= 15 is 0 Å². The molecule has 2 heterocycles. The van der Waals surface area contributed by atoms with Crippen molar-refractivity contribution < 1.29 is 18.1 Å². The molecule has 0 spiro atoms. The monoisotopic (exact) mass is 348 g/mol. The lowest BCUT2D eigenvalue weighted by Crippen LogP contribution is -2.27. The molecule has 1 aromatic carbocycles. The van der Waals surface area contributed by atoms with Crippen LogP contribution in [0.5, 0.6) is 0 Å². The lowest BCUT2D eigenvalue weighted by Gasteiger charge is -2.14. The second-order valence-electron chi connectivity index (χ2n) is 5.30. The second kappa shape index (κ2) is 7.16. The number of nitrogens with zero attached hydrogens (tertiary/aromatic N) is 4. The van der Waals surface area contributed by atoms with Gasteiger partial charge in [-0.15, -0.1) is 0 Å². The predicted molar refractivity (Wildman–Crippen MR) is 80.9 cm³/mol. The summed E-state index contributed by atoms with van der Waals surface area (Å²) in [6, 6.07) is 2.63. The smallest absolute Gasteiger partial charge is 0.239 e. The van der Waals surface area contributed by atoms with E-state index in [-0.39, 0.29) is 36.0 Å². The molecule has 0 saturated carbocycles. The summed E-state index contributed by atoms with van der Waals surface area (Å²) >= 11 is 0. The molecule has 0 aliphatic carbocycles. The molecule has 0 aliphatic rings. The number of aromatic amines is 1. The van der Waals surface area contributed by atoms with Gasteiger partial charge in [0.2, 0.25) is 17.6 Å². The quantitative estimate of drug-likeness (QED) is 0.704. The summed E-state index contributed by atoms with van der Waals surface area (Å²) < 4.78 is 31.7. The number of halogens is 2. The van der Waals surface area contributed by atoms with E-state index in [1.165, 1.54) is 12.4 Å². The van der Waals surface area contributed by atoms with E-state index in [0.29, 0.717) is 5.82 Å². The summed E-state index contributed by atoms with van der Waals surface area (Å²) in [7, 11) is 0. The highest BCUT2D eigenvalue weighted by atomic mass is 19.1. The van der Waals surface area contributed by atoms with Gasteiger partial charge in [0.15, 0.2) is 5.82 Å². The van der Waals surface area contributed by atoms with Gasteiger partial charge in [-0.3, -0.25) is 9.89 Å². The molecule has 0 bridgehead atoms. The van der Waals surface area contributed by atoms with Crippen LogP contribution in [0.2, 0.25) is 0 Å². The van der Waals surface area contributed by atoms with Gasteiger partial charge < -0.3 is 9.84 Å². The average molecular weight is 348 g/mol. The maximum Gasteiger partial charge on any atom is 0.239 e. The van der Waals surface area contributed by atoms with Crippen LogP contribution in [0, 0.1) is 11.6 Å². The summed E-state index contributed by atoms with van der Waals surface area (Å²) in [6.07, 6.45) is 1.60. The third-order valence-electron chi connectivity index (χ3n) is 3.47. The van der Waals surface area contributed by atoms with Crippen LogP contribution >= 0.6 is 0 Å². The van der Waals surface area contributed by atoms with Crippen LogP contribution in [0.3, 0.4) is 0 Å². The summed E-state index contributed by atoms with van der Waals surface area (Å²) in [5, 5.41) is 12.6. The van der Waals surface area contributed by atoms with E-state index < -0.39 is 17.7 Å². The molecule has 1 amide bonds. The number of benzene rings is 1. The maximum absolute atomic E-state index is 13.7. The van der Waals surface area contributed by atoms with Gasteiger partial charge in [-0.25, -0.2) is 13.8 Å². The van der Waals surface area contributed by atoms with Crippen LogP contribution in [-0.2, 0) is 11.2 Å². The van der Waals surface area contributed by atoms with E-state index in [0.717, 1.165) is 12.1 Å². The van der Waals surface area contributed by atoms with Gasteiger partial charge in [-0.2, -0.15) is 10.1 Å². The molecule has 130 valence electrons. The molecule has 8 nitrogen and oxygen atoms in total. The van der Waals surface area contributed by atoms with E-state index in [9.17, 15) is 13.6 Å². The minimum atomic E-state index is -0.707. The van der Waals surface area contributed by atoms with E-state index in [1.54, 1.807) is 6.92 Å². The van der Waals surface area contributed by atoms with Crippen LogP contribution in [-0.4, -0.2) is 31.2 Å². The van der Waals surface area contributed by atoms with Crippen molar-refractivity contribution in [2.24, 2.45) is 0 Å². The Morgan fingerprint density at radius 3 is 2.96 bits per heavy atom. The van der Waals surface area contributed by atoms with Crippen molar-refractivity contribution in [1.82, 2.24) is 30.6 Å². The third kappa shape index (κ3) is 4.03. The SMILES string of the molecule is C[C@H](NC(=O)CCc1nc(-c2ncn[nH]2)no1)c1ccc(F)cc1F. The molecule has 2 N–H and O–H groups in total.